The van der Waals surface area contributed by atoms with Gasteiger partial charge < -0.3 is 10.1 Å². The molecule has 3 nitrogen and oxygen atoms in total. The van der Waals surface area contributed by atoms with E-state index in [0.717, 1.165) is 23.9 Å². The highest BCUT2D eigenvalue weighted by Gasteiger charge is 2.00. The minimum absolute atomic E-state index is 0.0709. The third-order valence-electron chi connectivity index (χ3n) is 2.00. The lowest BCUT2D eigenvalue weighted by Gasteiger charge is -2.06. The average Bonchev–Trinajstić information content (AvgIpc) is 2.33. The standard InChI is InChI=1S/C12H16BrNO2/c13-8-4-5-9-14-12(15)10-16-11-6-2-1-3-7-11/h1-3,6-7H,4-5,8-10H2,(H,14,15). The number of alkyl halides is 1. The van der Waals surface area contributed by atoms with Gasteiger partial charge in [0.05, 0.1) is 0 Å². The zero-order valence-corrected chi connectivity index (χ0v) is 10.7. The van der Waals surface area contributed by atoms with Gasteiger partial charge >= 0.3 is 0 Å². The van der Waals surface area contributed by atoms with Gasteiger partial charge in [-0.25, -0.2) is 0 Å². The number of nitrogens with one attached hydrogen (secondary N) is 1. The predicted octanol–water partition coefficient (Wildman–Crippen LogP) is 2.36. The summed E-state index contributed by atoms with van der Waals surface area (Å²) in [6, 6.07) is 9.33. The number of amides is 1. The predicted molar refractivity (Wildman–Crippen MR) is 68.0 cm³/mol. The van der Waals surface area contributed by atoms with Gasteiger partial charge in [-0.3, -0.25) is 4.79 Å². The minimum atomic E-state index is -0.0709. The van der Waals surface area contributed by atoms with Crippen LogP contribution >= 0.6 is 15.9 Å². The quantitative estimate of drug-likeness (QED) is 0.617. The molecule has 0 aliphatic rings. The molecule has 0 fully saturated rings. The van der Waals surface area contributed by atoms with E-state index in [1.807, 2.05) is 30.3 Å². The minimum Gasteiger partial charge on any atom is -0.484 e. The molecule has 1 amide bonds. The maximum atomic E-state index is 11.3. The molecule has 1 N–H and O–H groups in total. The first-order valence-corrected chi connectivity index (χ1v) is 6.45. The Balaban J connectivity index is 2.11. The number of hydrogen-bond acceptors (Lipinski definition) is 2. The number of ether oxygens (including phenoxy) is 1. The number of rotatable bonds is 7. The molecule has 4 heteroatoms. The van der Waals surface area contributed by atoms with Crippen molar-refractivity contribution in [1.29, 1.82) is 0 Å². The Labute approximate surface area is 104 Å². The zero-order valence-electron chi connectivity index (χ0n) is 9.12. The highest BCUT2D eigenvalue weighted by Crippen LogP contribution is 2.07. The zero-order chi connectivity index (χ0) is 11.6. The molecule has 0 saturated carbocycles. The summed E-state index contributed by atoms with van der Waals surface area (Å²) in [4.78, 5) is 11.3. The molecule has 16 heavy (non-hydrogen) atoms. The van der Waals surface area contributed by atoms with Crippen molar-refractivity contribution >= 4 is 21.8 Å². The van der Waals surface area contributed by atoms with Crippen molar-refractivity contribution in [3.8, 4) is 5.75 Å². The monoisotopic (exact) mass is 285 g/mol. The summed E-state index contributed by atoms with van der Waals surface area (Å²) in [6.07, 6.45) is 2.06. The summed E-state index contributed by atoms with van der Waals surface area (Å²) < 4.78 is 5.30. The van der Waals surface area contributed by atoms with E-state index in [1.54, 1.807) is 0 Å². The molecule has 0 heterocycles. The maximum absolute atomic E-state index is 11.3. The molecule has 0 saturated heterocycles. The molecule has 0 aliphatic heterocycles. The number of para-hydroxylation sites is 1. The molecule has 0 aliphatic carbocycles. The fraction of sp³-hybridized carbons (Fsp3) is 0.417. The van der Waals surface area contributed by atoms with Crippen molar-refractivity contribution < 1.29 is 9.53 Å². The number of carbonyl (C=O) groups excluding carboxylic acids is 1. The first kappa shape index (κ1) is 13.0. The average molecular weight is 286 g/mol. The smallest absolute Gasteiger partial charge is 0.257 e. The number of benzene rings is 1. The first-order chi connectivity index (χ1) is 7.83. The highest BCUT2D eigenvalue weighted by atomic mass is 79.9. The normalized spacial score (nSPS) is 9.81. The number of hydrogen-bond donors (Lipinski definition) is 1. The van der Waals surface area contributed by atoms with Crippen LogP contribution in [0.15, 0.2) is 30.3 Å². The second-order valence-electron chi connectivity index (χ2n) is 3.35. The summed E-state index contributed by atoms with van der Waals surface area (Å²) in [5, 5.41) is 3.78. The topological polar surface area (TPSA) is 38.3 Å². The van der Waals surface area contributed by atoms with Gasteiger partial charge in [0.2, 0.25) is 0 Å². The lowest BCUT2D eigenvalue weighted by Crippen LogP contribution is -2.29. The van der Waals surface area contributed by atoms with Crippen molar-refractivity contribution in [3.05, 3.63) is 30.3 Å². The van der Waals surface area contributed by atoms with E-state index in [4.69, 9.17) is 4.74 Å². The molecule has 1 aromatic rings. The summed E-state index contributed by atoms with van der Waals surface area (Å²) in [5.41, 5.74) is 0. The largest absolute Gasteiger partial charge is 0.484 e. The van der Waals surface area contributed by atoms with Gasteiger partial charge in [-0.2, -0.15) is 0 Å². The molecule has 1 rings (SSSR count). The fourth-order valence-electron chi connectivity index (χ4n) is 1.16. The third kappa shape index (κ3) is 5.75. The number of halogens is 1. The van der Waals surface area contributed by atoms with Gasteiger partial charge in [-0.05, 0) is 25.0 Å². The van der Waals surface area contributed by atoms with E-state index in [9.17, 15) is 4.79 Å². The second-order valence-corrected chi connectivity index (χ2v) is 4.14. The van der Waals surface area contributed by atoms with Gasteiger partial charge in [0.25, 0.3) is 5.91 Å². The van der Waals surface area contributed by atoms with E-state index in [0.29, 0.717) is 6.54 Å². The highest BCUT2D eigenvalue weighted by molar-refractivity contribution is 9.09. The van der Waals surface area contributed by atoms with E-state index in [1.165, 1.54) is 0 Å². The lowest BCUT2D eigenvalue weighted by molar-refractivity contribution is -0.123. The Morgan fingerprint density at radius 3 is 2.69 bits per heavy atom. The molecule has 0 bridgehead atoms. The molecular weight excluding hydrogens is 270 g/mol. The van der Waals surface area contributed by atoms with Crippen LogP contribution in [0.2, 0.25) is 0 Å². The summed E-state index contributed by atoms with van der Waals surface area (Å²) in [6.45, 7) is 0.793. The van der Waals surface area contributed by atoms with Crippen LogP contribution < -0.4 is 10.1 Å². The van der Waals surface area contributed by atoms with Crippen LogP contribution in [-0.2, 0) is 4.79 Å². The number of carbonyl (C=O) groups is 1. The van der Waals surface area contributed by atoms with Gasteiger partial charge in [0.15, 0.2) is 6.61 Å². The van der Waals surface area contributed by atoms with Crippen LogP contribution in [0.1, 0.15) is 12.8 Å². The Hall–Kier alpha value is -1.03. The van der Waals surface area contributed by atoms with Crippen LogP contribution in [-0.4, -0.2) is 24.4 Å². The van der Waals surface area contributed by atoms with Crippen LogP contribution in [0.5, 0.6) is 5.75 Å². The van der Waals surface area contributed by atoms with Crippen LogP contribution in [0.4, 0.5) is 0 Å². The van der Waals surface area contributed by atoms with Crippen molar-refractivity contribution in [2.45, 2.75) is 12.8 Å². The Morgan fingerprint density at radius 1 is 1.25 bits per heavy atom. The van der Waals surface area contributed by atoms with Crippen LogP contribution in [0.25, 0.3) is 0 Å². The van der Waals surface area contributed by atoms with E-state index in [-0.39, 0.29) is 12.5 Å². The molecular formula is C12H16BrNO2. The summed E-state index contributed by atoms with van der Waals surface area (Å²) >= 11 is 3.34. The lowest BCUT2D eigenvalue weighted by atomic mass is 10.3. The SMILES string of the molecule is O=C(COc1ccccc1)NCCCCBr. The van der Waals surface area contributed by atoms with Crippen molar-refractivity contribution in [2.24, 2.45) is 0 Å². The van der Waals surface area contributed by atoms with Gasteiger partial charge in [0, 0.05) is 11.9 Å². The van der Waals surface area contributed by atoms with E-state index in [2.05, 4.69) is 21.2 Å². The summed E-state index contributed by atoms with van der Waals surface area (Å²) in [5.74, 6) is 0.650. The van der Waals surface area contributed by atoms with Crippen LogP contribution in [0.3, 0.4) is 0 Å². The molecule has 0 spiro atoms. The van der Waals surface area contributed by atoms with Crippen molar-refractivity contribution in [3.63, 3.8) is 0 Å². The maximum Gasteiger partial charge on any atom is 0.257 e. The Kier molecular flexibility index (Phi) is 6.65. The van der Waals surface area contributed by atoms with Gasteiger partial charge in [-0.15, -0.1) is 0 Å². The fourth-order valence-corrected chi connectivity index (χ4v) is 1.56. The molecule has 1 aromatic carbocycles. The Morgan fingerprint density at radius 2 is 2.00 bits per heavy atom. The van der Waals surface area contributed by atoms with E-state index < -0.39 is 0 Å². The Bertz CT molecular complexity index is 303. The molecule has 0 atom stereocenters. The molecule has 0 aromatic heterocycles. The molecule has 0 unspecified atom stereocenters. The van der Waals surface area contributed by atoms with Crippen LogP contribution in [0, 0.1) is 0 Å². The molecule has 88 valence electrons. The van der Waals surface area contributed by atoms with Gasteiger partial charge in [0.1, 0.15) is 5.75 Å². The second kappa shape index (κ2) is 8.16. The molecule has 0 radical (unpaired) electrons. The third-order valence-corrected chi connectivity index (χ3v) is 2.56. The first-order valence-electron chi connectivity index (χ1n) is 5.33. The summed E-state index contributed by atoms with van der Waals surface area (Å²) in [7, 11) is 0. The number of unbranched alkanes of at least 4 members (excludes halogenated alkanes) is 1. The van der Waals surface area contributed by atoms with Crippen molar-refractivity contribution in [2.75, 3.05) is 18.5 Å². The van der Waals surface area contributed by atoms with Gasteiger partial charge in [-0.1, -0.05) is 34.1 Å². The van der Waals surface area contributed by atoms with E-state index >= 15 is 0 Å². The van der Waals surface area contributed by atoms with Crippen molar-refractivity contribution in [1.82, 2.24) is 5.32 Å².